The number of H-pyrrole nitrogens is 1. The Morgan fingerprint density at radius 1 is 1.44 bits per heavy atom. The minimum atomic E-state index is 0.776. The van der Waals surface area contributed by atoms with Crippen LogP contribution in [0, 0.1) is 0 Å². The van der Waals surface area contributed by atoms with Gasteiger partial charge in [0.1, 0.15) is 5.82 Å². The molecule has 0 amide bonds. The molecule has 1 aromatic rings. The minimum absolute atomic E-state index is 0.776. The van der Waals surface area contributed by atoms with Crippen LogP contribution in [0.15, 0.2) is 30.9 Å². The molecule has 16 heavy (non-hydrogen) atoms. The summed E-state index contributed by atoms with van der Waals surface area (Å²) in [7, 11) is 0. The van der Waals surface area contributed by atoms with Crippen molar-refractivity contribution in [3.63, 3.8) is 0 Å². The molecule has 0 atom stereocenters. The molecule has 1 rings (SSSR count). The van der Waals surface area contributed by atoms with Crippen molar-refractivity contribution in [2.75, 3.05) is 0 Å². The van der Waals surface area contributed by atoms with E-state index in [4.69, 9.17) is 5.73 Å². The predicted octanol–water partition coefficient (Wildman–Crippen LogP) is 1.05. The maximum Gasteiger partial charge on any atom is 0.138 e. The summed E-state index contributed by atoms with van der Waals surface area (Å²) < 4.78 is 0. The zero-order valence-corrected chi connectivity index (χ0v) is 9.70. The van der Waals surface area contributed by atoms with Gasteiger partial charge in [0.25, 0.3) is 0 Å². The van der Waals surface area contributed by atoms with Gasteiger partial charge >= 0.3 is 0 Å². The van der Waals surface area contributed by atoms with Gasteiger partial charge in [0, 0.05) is 11.8 Å². The van der Waals surface area contributed by atoms with Crippen LogP contribution in [-0.4, -0.2) is 9.97 Å². The van der Waals surface area contributed by atoms with Gasteiger partial charge in [-0.25, -0.2) is 4.98 Å². The molecule has 84 valence electrons. The lowest BCUT2D eigenvalue weighted by molar-refractivity contribution is 1.22. The smallest absolute Gasteiger partial charge is 0.138 e. The van der Waals surface area contributed by atoms with Crippen LogP contribution in [0.1, 0.15) is 19.7 Å². The van der Waals surface area contributed by atoms with Crippen LogP contribution in [0.2, 0.25) is 0 Å². The zero-order valence-electron chi connectivity index (χ0n) is 9.70. The summed E-state index contributed by atoms with van der Waals surface area (Å²) in [5.41, 5.74) is 6.44. The fourth-order valence-electron chi connectivity index (χ4n) is 1.33. The number of imidazole rings is 1. The number of hydrogen-bond donors (Lipinski definition) is 2. The topological polar surface area (TPSA) is 54.7 Å². The SMILES string of the molecule is C=C/C(=C\C=C/C)c1nc(=C/C)/c(=C\N)[nH]1. The monoisotopic (exact) mass is 215 g/mol. The summed E-state index contributed by atoms with van der Waals surface area (Å²) >= 11 is 0. The van der Waals surface area contributed by atoms with Crippen LogP contribution >= 0.6 is 0 Å². The maximum atomic E-state index is 5.51. The lowest BCUT2D eigenvalue weighted by Gasteiger charge is -1.93. The number of allylic oxidation sites excluding steroid dienone is 5. The van der Waals surface area contributed by atoms with Crippen LogP contribution in [0.4, 0.5) is 0 Å². The lowest BCUT2D eigenvalue weighted by Crippen LogP contribution is -2.25. The molecule has 0 saturated carbocycles. The summed E-state index contributed by atoms with van der Waals surface area (Å²) in [6.45, 7) is 7.66. The summed E-state index contributed by atoms with van der Waals surface area (Å²) in [4.78, 5) is 7.57. The van der Waals surface area contributed by atoms with E-state index in [1.54, 1.807) is 6.08 Å². The van der Waals surface area contributed by atoms with Gasteiger partial charge in [0.2, 0.25) is 0 Å². The molecule has 0 aromatic carbocycles. The lowest BCUT2D eigenvalue weighted by atomic mass is 10.2. The highest BCUT2D eigenvalue weighted by molar-refractivity contribution is 5.70. The molecule has 0 aliphatic carbocycles. The number of aromatic amines is 1. The first kappa shape index (κ1) is 12.0. The van der Waals surface area contributed by atoms with E-state index in [1.807, 2.05) is 38.2 Å². The molecule has 0 bridgehead atoms. The molecule has 0 aliphatic rings. The van der Waals surface area contributed by atoms with Crippen molar-refractivity contribution >= 4 is 17.8 Å². The molecule has 1 heterocycles. The fraction of sp³-hybridized carbons (Fsp3) is 0.154. The largest absolute Gasteiger partial charge is 0.403 e. The molecule has 3 N–H and O–H groups in total. The fourth-order valence-corrected chi connectivity index (χ4v) is 1.33. The van der Waals surface area contributed by atoms with E-state index in [9.17, 15) is 0 Å². The van der Waals surface area contributed by atoms with Crippen LogP contribution in [-0.2, 0) is 0 Å². The van der Waals surface area contributed by atoms with E-state index in [1.165, 1.54) is 6.20 Å². The molecule has 1 aromatic heterocycles. The van der Waals surface area contributed by atoms with E-state index in [0.717, 1.165) is 22.1 Å². The summed E-state index contributed by atoms with van der Waals surface area (Å²) in [6, 6.07) is 0. The first-order chi connectivity index (χ1) is 7.76. The second-order valence-electron chi connectivity index (χ2n) is 3.19. The molecule has 3 nitrogen and oxygen atoms in total. The van der Waals surface area contributed by atoms with Crippen molar-refractivity contribution in [1.82, 2.24) is 9.97 Å². The van der Waals surface area contributed by atoms with Crippen LogP contribution in [0.25, 0.3) is 17.8 Å². The van der Waals surface area contributed by atoms with Gasteiger partial charge < -0.3 is 10.7 Å². The molecular formula is C13H17N3. The number of hydrogen-bond acceptors (Lipinski definition) is 2. The van der Waals surface area contributed by atoms with E-state index in [0.29, 0.717) is 0 Å². The van der Waals surface area contributed by atoms with Crippen molar-refractivity contribution in [2.24, 2.45) is 5.73 Å². The van der Waals surface area contributed by atoms with Gasteiger partial charge in [0.15, 0.2) is 0 Å². The molecule has 0 saturated heterocycles. The summed E-state index contributed by atoms with van der Waals surface area (Å²) in [6.07, 6.45) is 11.0. The number of nitrogens with zero attached hydrogens (tertiary/aromatic N) is 1. The van der Waals surface area contributed by atoms with Crippen LogP contribution in [0.3, 0.4) is 0 Å². The Hall–Kier alpha value is -2.03. The quantitative estimate of drug-likeness (QED) is 0.741. The Bertz CT molecular complexity index is 499. The third kappa shape index (κ3) is 2.51. The first-order valence-electron chi connectivity index (χ1n) is 5.16. The average molecular weight is 215 g/mol. The minimum Gasteiger partial charge on any atom is -0.403 e. The van der Waals surface area contributed by atoms with Gasteiger partial charge in [-0.3, -0.25) is 0 Å². The van der Waals surface area contributed by atoms with Gasteiger partial charge in [0.05, 0.1) is 10.7 Å². The Balaban J connectivity index is 3.34. The normalized spacial score (nSPS) is 15.0. The van der Waals surface area contributed by atoms with Gasteiger partial charge in [-0.05, 0) is 13.8 Å². The van der Waals surface area contributed by atoms with Crippen molar-refractivity contribution in [3.8, 4) is 0 Å². The Morgan fingerprint density at radius 2 is 2.19 bits per heavy atom. The highest BCUT2D eigenvalue weighted by Gasteiger charge is 2.00. The summed E-state index contributed by atoms with van der Waals surface area (Å²) in [5, 5.41) is 1.68. The zero-order chi connectivity index (χ0) is 12.0. The molecule has 0 unspecified atom stereocenters. The molecule has 3 heteroatoms. The Kier molecular flexibility index (Phi) is 4.33. The maximum absolute atomic E-state index is 5.51. The number of nitrogens with two attached hydrogens (primary N) is 1. The van der Waals surface area contributed by atoms with Crippen molar-refractivity contribution in [2.45, 2.75) is 13.8 Å². The first-order valence-corrected chi connectivity index (χ1v) is 5.16. The Morgan fingerprint density at radius 3 is 2.62 bits per heavy atom. The van der Waals surface area contributed by atoms with Crippen molar-refractivity contribution in [1.29, 1.82) is 0 Å². The standard InChI is InChI=1S/C13H17N3/c1-4-7-8-10(5-2)13-15-11(6-3)12(9-14)16-13/h4-9H,2,14H2,1,3H3,(H,15,16)/b7-4-,10-8+,11-6+,12-9+. The van der Waals surface area contributed by atoms with Gasteiger partial charge in [-0.2, -0.15) is 0 Å². The Labute approximate surface area is 95.4 Å². The highest BCUT2D eigenvalue weighted by Crippen LogP contribution is 2.07. The highest BCUT2D eigenvalue weighted by atomic mass is 14.9. The number of rotatable bonds is 3. The predicted molar refractivity (Wildman–Crippen MR) is 69.6 cm³/mol. The van der Waals surface area contributed by atoms with Gasteiger partial charge in [-0.15, -0.1) is 0 Å². The second-order valence-corrected chi connectivity index (χ2v) is 3.19. The molecule has 0 fully saturated rings. The van der Waals surface area contributed by atoms with E-state index >= 15 is 0 Å². The van der Waals surface area contributed by atoms with E-state index in [2.05, 4.69) is 16.5 Å². The van der Waals surface area contributed by atoms with Crippen LogP contribution in [0.5, 0.6) is 0 Å². The third-order valence-corrected chi connectivity index (χ3v) is 2.16. The number of aromatic nitrogens is 2. The second kappa shape index (κ2) is 5.75. The molecular weight excluding hydrogens is 198 g/mol. The van der Waals surface area contributed by atoms with Crippen LogP contribution < -0.4 is 16.4 Å². The molecule has 0 aliphatic heterocycles. The average Bonchev–Trinajstić information content (AvgIpc) is 2.73. The van der Waals surface area contributed by atoms with E-state index < -0.39 is 0 Å². The van der Waals surface area contributed by atoms with Crippen molar-refractivity contribution in [3.05, 3.63) is 47.4 Å². The van der Waals surface area contributed by atoms with Gasteiger partial charge in [-0.1, -0.05) is 37.0 Å². The molecule has 0 spiro atoms. The van der Waals surface area contributed by atoms with E-state index in [-0.39, 0.29) is 0 Å². The number of nitrogens with one attached hydrogen (secondary N) is 1. The summed E-state index contributed by atoms with van der Waals surface area (Å²) in [5.74, 6) is 0.776. The molecule has 0 radical (unpaired) electrons. The van der Waals surface area contributed by atoms with Crippen molar-refractivity contribution < 1.29 is 0 Å². The third-order valence-electron chi connectivity index (χ3n) is 2.16.